The lowest BCUT2D eigenvalue weighted by molar-refractivity contribution is -0.135. The lowest BCUT2D eigenvalue weighted by atomic mass is 10.5. The molecular weight excluding hydrogens is 248 g/mol. The fourth-order valence-electron chi connectivity index (χ4n) is 0.111. The number of hydrogen-bond acceptors (Lipinski definition) is 5. The lowest BCUT2D eigenvalue weighted by Gasteiger charge is -1.96. The van der Waals surface area contributed by atoms with Crippen LogP contribution in [0.3, 0.4) is 0 Å². The molecule has 8 heteroatoms. The van der Waals surface area contributed by atoms with Gasteiger partial charge in [-0.05, 0) is 13.8 Å². The lowest BCUT2D eigenvalue weighted by Crippen LogP contribution is -1.98. The molecule has 108 valence electrons. The van der Waals surface area contributed by atoms with E-state index < -0.39 is 17.9 Å². The topological polar surface area (TPSA) is 138 Å². The molecule has 0 atom stereocenters. The highest BCUT2D eigenvalue weighted by Gasteiger charge is 1.83. The first kappa shape index (κ1) is 24.9. The molecule has 0 aliphatic rings. The molecule has 0 saturated carbocycles. The Bertz CT molecular complexity index is 194. The first-order valence-corrected chi connectivity index (χ1v) is 4.65. The number of carboxylic acid groups (broad SMARTS) is 3. The molecule has 0 rings (SSSR count). The van der Waals surface area contributed by atoms with E-state index in [2.05, 4.69) is 4.74 Å². The Hall–Kier alpha value is -2.12. The normalized spacial score (nSPS) is 7.00. The average molecular weight is 268 g/mol. The zero-order valence-electron chi connectivity index (χ0n) is 11.0. The van der Waals surface area contributed by atoms with E-state index in [0.717, 1.165) is 20.8 Å². The van der Waals surface area contributed by atoms with Gasteiger partial charge in [-0.1, -0.05) is 0 Å². The Morgan fingerprint density at radius 2 is 1.06 bits per heavy atom. The third-order valence-corrected chi connectivity index (χ3v) is 0.328. The molecule has 0 aromatic carbocycles. The zero-order chi connectivity index (χ0) is 15.7. The summed E-state index contributed by atoms with van der Waals surface area (Å²) in [5.41, 5.74) is 0. The van der Waals surface area contributed by atoms with Crippen LogP contribution in [0.5, 0.6) is 0 Å². The maximum Gasteiger partial charge on any atom is 0.300 e. The molecule has 0 bridgehead atoms. The summed E-state index contributed by atoms with van der Waals surface area (Å²) in [6, 6.07) is 0. The summed E-state index contributed by atoms with van der Waals surface area (Å²) in [5.74, 6) is -2.50. The first-order chi connectivity index (χ1) is 7.97. The van der Waals surface area contributed by atoms with Crippen LogP contribution in [-0.4, -0.2) is 45.8 Å². The van der Waals surface area contributed by atoms with Gasteiger partial charge in [-0.3, -0.25) is 19.2 Å². The van der Waals surface area contributed by atoms with Crippen molar-refractivity contribution in [2.75, 3.05) is 0 Å². The Morgan fingerprint density at radius 1 is 0.889 bits per heavy atom. The minimum atomic E-state index is -0.833. The van der Waals surface area contributed by atoms with Gasteiger partial charge in [-0.15, -0.1) is 0 Å². The average Bonchev–Trinajstić information content (AvgIpc) is 1.98. The van der Waals surface area contributed by atoms with E-state index in [9.17, 15) is 4.79 Å². The minimum Gasteiger partial charge on any atom is -0.481 e. The molecule has 0 radical (unpaired) electrons. The monoisotopic (exact) mass is 268 g/mol. The number of carboxylic acids is 3. The molecule has 3 N–H and O–H groups in total. The van der Waals surface area contributed by atoms with Gasteiger partial charge < -0.3 is 20.1 Å². The molecule has 0 unspecified atom stereocenters. The number of carbonyl (C=O) groups excluding carboxylic acids is 1. The number of rotatable bonds is 2. The van der Waals surface area contributed by atoms with Gasteiger partial charge in [0.25, 0.3) is 24.4 Å². The molecule has 0 aliphatic carbocycles. The largest absolute Gasteiger partial charge is 0.481 e. The van der Waals surface area contributed by atoms with Crippen LogP contribution < -0.4 is 0 Å². The second-order valence-electron chi connectivity index (χ2n) is 2.84. The molecule has 18 heavy (non-hydrogen) atoms. The van der Waals surface area contributed by atoms with Gasteiger partial charge in [0.15, 0.2) is 0 Å². The summed E-state index contributed by atoms with van der Waals surface area (Å²) in [6.07, 6.45) is 0.0301. The molecule has 0 spiro atoms. The number of carbonyl (C=O) groups is 4. The van der Waals surface area contributed by atoms with Gasteiger partial charge in [0.2, 0.25) is 0 Å². The van der Waals surface area contributed by atoms with Crippen molar-refractivity contribution >= 4 is 24.4 Å². The van der Waals surface area contributed by atoms with Crippen molar-refractivity contribution < 1.29 is 39.2 Å². The fourth-order valence-corrected chi connectivity index (χ4v) is 0.111. The predicted molar refractivity (Wildman–Crippen MR) is 62.2 cm³/mol. The van der Waals surface area contributed by atoms with Gasteiger partial charge in [0, 0.05) is 20.8 Å². The highest BCUT2D eigenvalue weighted by Crippen LogP contribution is 1.79. The Kier molecular flexibility index (Phi) is 28.1. The van der Waals surface area contributed by atoms with E-state index in [1.165, 1.54) is 0 Å². The van der Waals surface area contributed by atoms with E-state index >= 15 is 0 Å². The van der Waals surface area contributed by atoms with E-state index in [0.29, 0.717) is 6.47 Å². The summed E-state index contributed by atoms with van der Waals surface area (Å²) < 4.78 is 4.36. The molecule has 8 nitrogen and oxygen atoms in total. The molecule has 0 amide bonds. The van der Waals surface area contributed by atoms with Crippen molar-refractivity contribution in [2.24, 2.45) is 0 Å². The summed E-state index contributed by atoms with van der Waals surface area (Å²) in [7, 11) is 0. The van der Waals surface area contributed by atoms with Crippen LogP contribution in [0, 0.1) is 0 Å². The van der Waals surface area contributed by atoms with Gasteiger partial charge in [-0.2, -0.15) is 0 Å². The third kappa shape index (κ3) is 2970. The van der Waals surface area contributed by atoms with Crippen molar-refractivity contribution in [3.63, 3.8) is 0 Å². The summed E-state index contributed by atoms with van der Waals surface area (Å²) >= 11 is 0. The van der Waals surface area contributed by atoms with Crippen LogP contribution in [0.15, 0.2) is 0 Å². The molecule has 0 aromatic rings. The number of hydrogen-bond donors (Lipinski definition) is 3. The summed E-state index contributed by atoms with van der Waals surface area (Å²) in [4.78, 5) is 36.4. The highest BCUT2D eigenvalue weighted by molar-refractivity contribution is 5.63. The first-order valence-electron chi connectivity index (χ1n) is 4.65. The van der Waals surface area contributed by atoms with Crippen LogP contribution in [0.4, 0.5) is 0 Å². The molecule has 0 aliphatic heterocycles. The van der Waals surface area contributed by atoms with Crippen LogP contribution >= 0.6 is 0 Å². The smallest absolute Gasteiger partial charge is 0.300 e. The van der Waals surface area contributed by atoms with Gasteiger partial charge in [0.1, 0.15) is 0 Å². The van der Waals surface area contributed by atoms with Crippen molar-refractivity contribution in [1.29, 1.82) is 0 Å². The Balaban J connectivity index is -0.0000000742. The van der Waals surface area contributed by atoms with Crippen molar-refractivity contribution in [2.45, 2.75) is 40.7 Å². The van der Waals surface area contributed by atoms with E-state index in [1.807, 2.05) is 0 Å². The Labute approximate surface area is 105 Å². The maximum absolute atomic E-state index is 9.39. The van der Waals surface area contributed by atoms with Crippen LogP contribution in [0.2, 0.25) is 0 Å². The fraction of sp³-hybridized carbons (Fsp3) is 0.600. The summed E-state index contributed by atoms with van der Waals surface area (Å²) in [6.45, 7) is 7.30. The standard InChI is InChI=1S/C4H8O2.3C2H4O2/c1-4(2)6-3-5;3*1-2(3)4/h3-4H,1-2H3;3*1H3,(H,3,4). The van der Waals surface area contributed by atoms with Gasteiger partial charge in [0.05, 0.1) is 6.10 Å². The summed E-state index contributed by atoms with van der Waals surface area (Å²) in [5, 5.41) is 22.2. The van der Waals surface area contributed by atoms with E-state index in [4.69, 9.17) is 29.7 Å². The van der Waals surface area contributed by atoms with Crippen molar-refractivity contribution in [3.05, 3.63) is 0 Å². The van der Waals surface area contributed by atoms with Gasteiger partial charge >= 0.3 is 0 Å². The molecular formula is C10H20O8. The quantitative estimate of drug-likeness (QED) is 0.626. The number of ether oxygens (including phenoxy) is 1. The van der Waals surface area contributed by atoms with E-state index in [-0.39, 0.29) is 6.10 Å². The second-order valence-corrected chi connectivity index (χ2v) is 2.84. The molecule has 0 fully saturated rings. The predicted octanol–water partition coefficient (Wildman–Crippen LogP) is 0.840. The van der Waals surface area contributed by atoms with E-state index in [1.54, 1.807) is 13.8 Å². The molecule has 0 heterocycles. The third-order valence-electron chi connectivity index (χ3n) is 0.328. The van der Waals surface area contributed by atoms with Crippen LogP contribution in [0.1, 0.15) is 34.6 Å². The van der Waals surface area contributed by atoms with Crippen molar-refractivity contribution in [1.82, 2.24) is 0 Å². The highest BCUT2D eigenvalue weighted by atomic mass is 16.5. The van der Waals surface area contributed by atoms with Crippen LogP contribution in [0.25, 0.3) is 0 Å². The van der Waals surface area contributed by atoms with Gasteiger partial charge in [-0.25, -0.2) is 0 Å². The minimum absolute atomic E-state index is 0.0301. The molecule has 0 saturated heterocycles. The van der Waals surface area contributed by atoms with Crippen molar-refractivity contribution in [3.8, 4) is 0 Å². The zero-order valence-corrected chi connectivity index (χ0v) is 11.0. The van der Waals surface area contributed by atoms with Crippen LogP contribution in [-0.2, 0) is 23.9 Å². The SMILES string of the molecule is CC(=O)O.CC(=O)O.CC(=O)O.CC(C)OC=O. The maximum atomic E-state index is 9.39. The second kappa shape index (κ2) is 20.3. The Morgan fingerprint density at radius 3 is 1.06 bits per heavy atom. The molecule has 0 aromatic heterocycles. The number of aliphatic carboxylic acids is 3.